The van der Waals surface area contributed by atoms with E-state index in [9.17, 15) is 4.39 Å². The van der Waals surface area contributed by atoms with E-state index in [0.29, 0.717) is 5.82 Å². The quantitative estimate of drug-likeness (QED) is 0.752. The van der Waals surface area contributed by atoms with Crippen molar-refractivity contribution in [3.63, 3.8) is 0 Å². The van der Waals surface area contributed by atoms with Gasteiger partial charge in [0.25, 0.3) is 0 Å². The predicted octanol–water partition coefficient (Wildman–Crippen LogP) is 3.85. The van der Waals surface area contributed by atoms with Gasteiger partial charge < -0.3 is 11.1 Å². The number of anilines is 1. The van der Waals surface area contributed by atoms with Gasteiger partial charge in [-0.05, 0) is 61.3 Å². The van der Waals surface area contributed by atoms with Crippen molar-refractivity contribution in [2.24, 2.45) is 0 Å². The molecular formula is C19H20FN3. The normalized spacial score (nSPS) is 12.4. The molecule has 0 aliphatic heterocycles. The Bertz CT molecular complexity index is 799. The first kappa shape index (κ1) is 15.4. The van der Waals surface area contributed by atoms with Crippen LogP contribution >= 0.6 is 0 Å². The third-order valence-electron chi connectivity index (χ3n) is 4.02. The van der Waals surface area contributed by atoms with E-state index in [1.54, 1.807) is 0 Å². The number of fused-ring (bicyclic) bond motifs is 1. The van der Waals surface area contributed by atoms with Gasteiger partial charge >= 0.3 is 0 Å². The molecule has 0 bridgehead atoms. The van der Waals surface area contributed by atoms with Crippen LogP contribution < -0.4 is 11.1 Å². The Balaban J connectivity index is 1.63. The van der Waals surface area contributed by atoms with Crippen LogP contribution in [0.2, 0.25) is 0 Å². The largest absolute Gasteiger partial charge is 0.384 e. The van der Waals surface area contributed by atoms with Crippen LogP contribution in [-0.4, -0.2) is 11.5 Å². The second-order valence-electron chi connectivity index (χ2n) is 5.74. The van der Waals surface area contributed by atoms with Crippen molar-refractivity contribution in [3.8, 4) is 0 Å². The van der Waals surface area contributed by atoms with E-state index < -0.39 is 0 Å². The minimum Gasteiger partial charge on any atom is -0.384 e. The summed E-state index contributed by atoms with van der Waals surface area (Å²) in [6.07, 6.45) is 0.864. The Morgan fingerprint density at radius 2 is 1.83 bits per heavy atom. The number of rotatable bonds is 5. The third kappa shape index (κ3) is 3.85. The number of hydrogen-bond donors (Lipinski definition) is 2. The van der Waals surface area contributed by atoms with Gasteiger partial charge in [-0.1, -0.05) is 24.3 Å². The highest BCUT2D eigenvalue weighted by atomic mass is 19.1. The smallest absolute Gasteiger partial charge is 0.124 e. The maximum atomic E-state index is 12.9. The Morgan fingerprint density at radius 3 is 2.61 bits per heavy atom. The summed E-state index contributed by atoms with van der Waals surface area (Å²) in [5, 5.41) is 4.57. The van der Waals surface area contributed by atoms with Crippen molar-refractivity contribution in [1.82, 2.24) is 10.3 Å². The van der Waals surface area contributed by atoms with E-state index in [1.165, 1.54) is 17.7 Å². The van der Waals surface area contributed by atoms with Crippen LogP contribution in [0.1, 0.15) is 24.1 Å². The summed E-state index contributed by atoms with van der Waals surface area (Å²) in [5.74, 6) is 0.338. The van der Waals surface area contributed by atoms with Gasteiger partial charge in [0.2, 0.25) is 0 Å². The van der Waals surface area contributed by atoms with Crippen LogP contribution in [0.3, 0.4) is 0 Å². The summed E-state index contributed by atoms with van der Waals surface area (Å²) < 4.78 is 12.9. The predicted molar refractivity (Wildman–Crippen MR) is 92.7 cm³/mol. The summed E-state index contributed by atoms with van der Waals surface area (Å²) in [5.41, 5.74) is 8.96. The monoisotopic (exact) mass is 309 g/mol. The number of benzene rings is 2. The number of pyridine rings is 1. The van der Waals surface area contributed by atoms with E-state index in [1.807, 2.05) is 24.3 Å². The zero-order valence-electron chi connectivity index (χ0n) is 13.1. The van der Waals surface area contributed by atoms with E-state index in [2.05, 4.69) is 35.4 Å². The molecule has 118 valence electrons. The molecule has 3 N–H and O–H groups in total. The number of nitrogens with two attached hydrogens (primary N) is 1. The molecule has 4 heteroatoms. The molecule has 3 aromatic rings. The standard InChI is InChI=1S/C19H20FN3/c1-13(22-11-10-14-2-7-17(20)8-3-14)16-5-4-15-6-9-19(21)23-18(15)12-16/h2-9,12-13,22H,10-11H2,1H3,(H2,21,23). The lowest BCUT2D eigenvalue weighted by atomic mass is 10.1. The summed E-state index contributed by atoms with van der Waals surface area (Å²) >= 11 is 0. The van der Waals surface area contributed by atoms with Crippen molar-refractivity contribution in [2.45, 2.75) is 19.4 Å². The van der Waals surface area contributed by atoms with Crippen molar-refractivity contribution >= 4 is 16.7 Å². The molecule has 23 heavy (non-hydrogen) atoms. The Hall–Kier alpha value is -2.46. The molecule has 3 nitrogen and oxygen atoms in total. The summed E-state index contributed by atoms with van der Waals surface area (Å²) in [6.45, 7) is 2.95. The van der Waals surface area contributed by atoms with Gasteiger partial charge in [0.1, 0.15) is 11.6 Å². The van der Waals surface area contributed by atoms with Crippen LogP contribution in [0.4, 0.5) is 10.2 Å². The summed E-state index contributed by atoms with van der Waals surface area (Å²) in [7, 11) is 0. The second-order valence-corrected chi connectivity index (χ2v) is 5.74. The Kier molecular flexibility index (Phi) is 4.53. The molecule has 0 spiro atoms. The molecule has 0 aliphatic carbocycles. The minimum atomic E-state index is -0.196. The topological polar surface area (TPSA) is 50.9 Å². The molecule has 1 unspecified atom stereocenters. The lowest BCUT2D eigenvalue weighted by Crippen LogP contribution is -2.21. The molecule has 0 radical (unpaired) electrons. The molecule has 0 amide bonds. The average Bonchev–Trinajstić information content (AvgIpc) is 2.56. The molecule has 1 heterocycles. The first-order chi connectivity index (χ1) is 11.1. The van der Waals surface area contributed by atoms with Gasteiger partial charge in [-0.15, -0.1) is 0 Å². The van der Waals surface area contributed by atoms with E-state index in [4.69, 9.17) is 5.73 Å². The summed E-state index contributed by atoms with van der Waals surface area (Å²) in [6, 6.07) is 16.9. The maximum Gasteiger partial charge on any atom is 0.124 e. The van der Waals surface area contributed by atoms with Crippen molar-refractivity contribution in [3.05, 3.63) is 71.5 Å². The Labute approximate surface area is 135 Å². The highest BCUT2D eigenvalue weighted by Crippen LogP contribution is 2.20. The highest BCUT2D eigenvalue weighted by molar-refractivity contribution is 5.80. The fourth-order valence-electron chi connectivity index (χ4n) is 2.62. The number of halogens is 1. The zero-order valence-corrected chi connectivity index (χ0v) is 13.1. The first-order valence-electron chi connectivity index (χ1n) is 7.76. The van der Waals surface area contributed by atoms with Gasteiger partial charge in [0.05, 0.1) is 5.52 Å². The van der Waals surface area contributed by atoms with Crippen molar-refractivity contribution in [2.75, 3.05) is 12.3 Å². The van der Waals surface area contributed by atoms with Crippen molar-refractivity contribution in [1.29, 1.82) is 0 Å². The van der Waals surface area contributed by atoms with Crippen LogP contribution in [0.5, 0.6) is 0 Å². The lowest BCUT2D eigenvalue weighted by molar-refractivity contribution is 0.576. The fourth-order valence-corrected chi connectivity index (χ4v) is 2.62. The van der Waals surface area contributed by atoms with Crippen molar-refractivity contribution < 1.29 is 4.39 Å². The second kappa shape index (κ2) is 6.75. The number of hydrogen-bond acceptors (Lipinski definition) is 3. The van der Waals surface area contributed by atoms with Crippen LogP contribution in [0, 0.1) is 5.82 Å². The molecule has 0 fully saturated rings. The van der Waals surface area contributed by atoms with Gasteiger partial charge in [-0.2, -0.15) is 0 Å². The van der Waals surface area contributed by atoms with E-state index >= 15 is 0 Å². The number of aromatic nitrogens is 1. The number of nitrogens with zero attached hydrogens (tertiary/aromatic N) is 1. The van der Waals surface area contributed by atoms with Gasteiger partial charge in [0.15, 0.2) is 0 Å². The van der Waals surface area contributed by atoms with Crippen LogP contribution in [0.15, 0.2) is 54.6 Å². The average molecular weight is 309 g/mol. The molecule has 0 aliphatic rings. The van der Waals surface area contributed by atoms with Crippen LogP contribution in [0.25, 0.3) is 10.9 Å². The zero-order chi connectivity index (χ0) is 16.2. The van der Waals surface area contributed by atoms with Crippen LogP contribution in [-0.2, 0) is 6.42 Å². The highest BCUT2D eigenvalue weighted by Gasteiger charge is 2.06. The summed E-state index contributed by atoms with van der Waals surface area (Å²) in [4.78, 5) is 4.37. The first-order valence-corrected chi connectivity index (χ1v) is 7.76. The molecule has 2 aromatic carbocycles. The molecule has 0 saturated carbocycles. The Morgan fingerprint density at radius 1 is 1.09 bits per heavy atom. The van der Waals surface area contributed by atoms with Gasteiger partial charge in [0, 0.05) is 11.4 Å². The molecule has 3 rings (SSSR count). The number of nitrogen functional groups attached to an aromatic ring is 1. The molecule has 1 aromatic heterocycles. The van der Waals surface area contributed by atoms with Gasteiger partial charge in [-0.3, -0.25) is 0 Å². The fraction of sp³-hybridized carbons (Fsp3) is 0.211. The molecule has 1 atom stereocenters. The minimum absolute atomic E-state index is 0.196. The number of nitrogens with one attached hydrogen (secondary N) is 1. The van der Waals surface area contributed by atoms with E-state index in [-0.39, 0.29) is 11.9 Å². The SMILES string of the molecule is CC(NCCc1ccc(F)cc1)c1ccc2ccc(N)nc2c1. The molecular weight excluding hydrogens is 289 g/mol. The lowest BCUT2D eigenvalue weighted by Gasteiger charge is -2.15. The molecule has 0 saturated heterocycles. The third-order valence-corrected chi connectivity index (χ3v) is 4.02. The van der Waals surface area contributed by atoms with Gasteiger partial charge in [-0.25, -0.2) is 9.37 Å². The maximum absolute atomic E-state index is 12.9. The van der Waals surface area contributed by atoms with E-state index in [0.717, 1.165) is 29.4 Å².